The van der Waals surface area contributed by atoms with Crippen LogP contribution in [-0.2, 0) is 0 Å². The van der Waals surface area contributed by atoms with Crippen molar-refractivity contribution in [3.63, 3.8) is 0 Å². The minimum Gasteiger partial charge on any atom is -0.366 e. The summed E-state index contributed by atoms with van der Waals surface area (Å²) in [6.07, 6.45) is 2.36. The summed E-state index contributed by atoms with van der Waals surface area (Å²) < 4.78 is 1.17. The molecule has 0 amide bonds. The highest BCUT2D eigenvalue weighted by Crippen LogP contribution is 2.30. The van der Waals surface area contributed by atoms with Crippen LogP contribution < -0.4 is 10.2 Å². The number of anilines is 1. The van der Waals surface area contributed by atoms with Crippen molar-refractivity contribution in [2.24, 2.45) is 0 Å². The molecule has 0 radical (unpaired) electrons. The fourth-order valence-corrected chi connectivity index (χ4v) is 3.56. The van der Waals surface area contributed by atoms with Gasteiger partial charge in [-0.3, -0.25) is 0 Å². The topological polar surface area (TPSA) is 15.3 Å². The molecule has 2 nitrogen and oxygen atoms in total. The first-order valence-corrected chi connectivity index (χ1v) is 8.08. The molecule has 3 heteroatoms. The molecule has 0 saturated carbocycles. The van der Waals surface area contributed by atoms with Gasteiger partial charge in [-0.2, -0.15) is 0 Å². The highest BCUT2D eigenvalue weighted by molar-refractivity contribution is 9.10. The fourth-order valence-electron chi connectivity index (χ4n) is 2.96. The lowest BCUT2D eigenvalue weighted by molar-refractivity contribution is 0.254. The molecule has 1 atom stereocenters. The van der Waals surface area contributed by atoms with Gasteiger partial charge in [-0.25, -0.2) is 0 Å². The van der Waals surface area contributed by atoms with E-state index in [0.717, 1.165) is 13.1 Å². The largest absolute Gasteiger partial charge is 0.366 e. The molecule has 1 unspecified atom stereocenters. The molecule has 106 valence electrons. The summed E-state index contributed by atoms with van der Waals surface area (Å²) in [5.41, 5.74) is 2.92. The van der Waals surface area contributed by atoms with E-state index in [1.165, 1.54) is 28.6 Å². The smallest absolute Gasteiger partial charge is 0.0387 e. The SMILES string of the molecule is CCC1(CC)CN(c2cc(C)cc(Br)c2)C(C)CN1. The monoisotopic (exact) mass is 324 g/mol. The predicted octanol–water partition coefficient (Wildman–Crippen LogP) is 4.11. The Morgan fingerprint density at radius 2 is 2.00 bits per heavy atom. The van der Waals surface area contributed by atoms with Gasteiger partial charge in [0.25, 0.3) is 0 Å². The summed E-state index contributed by atoms with van der Waals surface area (Å²) >= 11 is 3.62. The van der Waals surface area contributed by atoms with Gasteiger partial charge >= 0.3 is 0 Å². The number of hydrogen-bond acceptors (Lipinski definition) is 2. The van der Waals surface area contributed by atoms with E-state index < -0.39 is 0 Å². The zero-order valence-corrected chi connectivity index (χ0v) is 14.0. The third-order valence-electron chi connectivity index (χ3n) is 4.49. The Morgan fingerprint density at radius 1 is 1.32 bits per heavy atom. The van der Waals surface area contributed by atoms with E-state index in [-0.39, 0.29) is 5.54 Å². The van der Waals surface area contributed by atoms with Crippen LogP contribution in [0.4, 0.5) is 5.69 Å². The average Bonchev–Trinajstić information content (AvgIpc) is 2.39. The highest BCUT2D eigenvalue weighted by atomic mass is 79.9. The van der Waals surface area contributed by atoms with Crippen LogP contribution >= 0.6 is 15.9 Å². The Morgan fingerprint density at radius 3 is 2.58 bits per heavy atom. The van der Waals surface area contributed by atoms with Crippen LogP contribution in [0.25, 0.3) is 0 Å². The number of nitrogens with one attached hydrogen (secondary N) is 1. The maximum absolute atomic E-state index is 3.76. The minimum absolute atomic E-state index is 0.267. The average molecular weight is 325 g/mol. The zero-order valence-electron chi connectivity index (χ0n) is 12.5. The number of aryl methyl sites for hydroxylation is 1. The first kappa shape index (κ1) is 14.9. The van der Waals surface area contributed by atoms with Crippen LogP contribution in [0.3, 0.4) is 0 Å². The molecule has 1 aliphatic heterocycles. The third-order valence-corrected chi connectivity index (χ3v) is 4.95. The molecule has 2 rings (SSSR count). The van der Waals surface area contributed by atoms with E-state index in [1.54, 1.807) is 0 Å². The summed E-state index contributed by atoms with van der Waals surface area (Å²) in [7, 11) is 0. The van der Waals surface area contributed by atoms with Crippen LogP contribution in [0.1, 0.15) is 39.2 Å². The van der Waals surface area contributed by atoms with Crippen LogP contribution in [0.5, 0.6) is 0 Å². The molecule has 0 spiro atoms. The number of rotatable bonds is 3. The first-order chi connectivity index (χ1) is 8.99. The molecule has 1 N–H and O–H groups in total. The van der Waals surface area contributed by atoms with Gasteiger partial charge in [0.2, 0.25) is 0 Å². The van der Waals surface area contributed by atoms with Gasteiger partial charge in [0, 0.05) is 34.8 Å². The highest BCUT2D eigenvalue weighted by Gasteiger charge is 2.35. The zero-order chi connectivity index (χ0) is 14.0. The lowest BCUT2D eigenvalue weighted by atomic mass is 9.88. The van der Waals surface area contributed by atoms with Crippen molar-refractivity contribution in [2.45, 2.75) is 52.1 Å². The van der Waals surface area contributed by atoms with E-state index >= 15 is 0 Å². The van der Waals surface area contributed by atoms with Gasteiger partial charge < -0.3 is 10.2 Å². The van der Waals surface area contributed by atoms with Gasteiger partial charge in [0.15, 0.2) is 0 Å². The molecule has 1 heterocycles. The van der Waals surface area contributed by atoms with E-state index in [1.807, 2.05) is 0 Å². The second kappa shape index (κ2) is 5.84. The number of hydrogen-bond donors (Lipinski definition) is 1. The first-order valence-electron chi connectivity index (χ1n) is 7.28. The Balaban J connectivity index is 2.30. The number of benzene rings is 1. The molecule has 19 heavy (non-hydrogen) atoms. The minimum atomic E-state index is 0.267. The molecular weight excluding hydrogens is 300 g/mol. The summed E-state index contributed by atoms with van der Waals surface area (Å²) in [5.74, 6) is 0. The van der Waals surface area contributed by atoms with Crippen LogP contribution in [0.15, 0.2) is 22.7 Å². The van der Waals surface area contributed by atoms with E-state index in [9.17, 15) is 0 Å². The molecule has 0 aliphatic carbocycles. The van der Waals surface area contributed by atoms with Crippen molar-refractivity contribution < 1.29 is 0 Å². The molecule has 0 bridgehead atoms. The Labute approximate surface area is 125 Å². The Kier molecular flexibility index (Phi) is 4.57. The number of halogens is 1. The van der Waals surface area contributed by atoms with Gasteiger partial charge in [-0.15, -0.1) is 0 Å². The third kappa shape index (κ3) is 3.14. The summed E-state index contributed by atoms with van der Waals surface area (Å²) in [6.45, 7) is 11.2. The summed E-state index contributed by atoms with van der Waals surface area (Å²) in [4.78, 5) is 2.56. The van der Waals surface area contributed by atoms with Crippen LogP contribution in [0, 0.1) is 6.92 Å². The van der Waals surface area contributed by atoms with Crippen molar-refractivity contribution in [3.8, 4) is 0 Å². The van der Waals surface area contributed by atoms with Gasteiger partial charge in [-0.05, 0) is 50.5 Å². The fraction of sp³-hybridized carbons (Fsp3) is 0.625. The van der Waals surface area contributed by atoms with Crippen molar-refractivity contribution in [3.05, 3.63) is 28.2 Å². The standard InChI is InChI=1S/C16H25BrN2/c1-5-16(6-2)11-19(13(4)10-18-16)15-8-12(3)7-14(17)9-15/h7-9,13,18H,5-6,10-11H2,1-4H3. The Bertz CT molecular complexity index is 420. The normalized spacial score (nSPS) is 22.6. The van der Waals surface area contributed by atoms with Crippen LogP contribution in [0.2, 0.25) is 0 Å². The molecule has 1 aromatic rings. The van der Waals surface area contributed by atoms with E-state index in [4.69, 9.17) is 0 Å². The van der Waals surface area contributed by atoms with Crippen molar-refractivity contribution >= 4 is 21.6 Å². The van der Waals surface area contributed by atoms with E-state index in [2.05, 4.69) is 72.0 Å². The van der Waals surface area contributed by atoms with E-state index in [0.29, 0.717) is 6.04 Å². The molecule has 1 aliphatic rings. The van der Waals surface area contributed by atoms with Gasteiger partial charge in [-0.1, -0.05) is 29.8 Å². The predicted molar refractivity (Wildman–Crippen MR) is 87.0 cm³/mol. The summed E-state index contributed by atoms with van der Waals surface area (Å²) in [5, 5.41) is 3.76. The summed E-state index contributed by atoms with van der Waals surface area (Å²) in [6, 6.07) is 7.25. The lowest BCUT2D eigenvalue weighted by Crippen LogP contribution is -2.63. The maximum Gasteiger partial charge on any atom is 0.0387 e. The molecule has 1 fully saturated rings. The molecular formula is C16H25BrN2. The number of nitrogens with zero attached hydrogens (tertiary/aromatic N) is 1. The number of piperazine rings is 1. The Hall–Kier alpha value is -0.540. The molecule has 1 aromatic carbocycles. The second-order valence-electron chi connectivity index (χ2n) is 5.83. The molecule has 1 saturated heterocycles. The molecule has 0 aromatic heterocycles. The quantitative estimate of drug-likeness (QED) is 0.899. The lowest BCUT2D eigenvalue weighted by Gasteiger charge is -2.47. The van der Waals surface area contributed by atoms with Crippen LogP contribution in [-0.4, -0.2) is 24.7 Å². The van der Waals surface area contributed by atoms with Crippen molar-refractivity contribution in [1.82, 2.24) is 5.32 Å². The van der Waals surface area contributed by atoms with Crippen molar-refractivity contribution in [2.75, 3.05) is 18.0 Å². The maximum atomic E-state index is 3.76. The van der Waals surface area contributed by atoms with Crippen molar-refractivity contribution in [1.29, 1.82) is 0 Å². The van der Waals surface area contributed by atoms with Gasteiger partial charge in [0.05, 0.1) is 0 Å². The van der Waals surface area contributed by atoms with Gasteiger partial charge in [0.1, 0.15) is 0 Å². The second-order valence-corrected chi connectivity index (χ2v) is 6.75.